The average Bonchev–Trinajstić information content (AvgIpc) is 2.70. The van der Waals surface area contributed by atoms with E-state index in [1.807, 2.05) is 0 Å². The highest BCUT2D eigenvalue weighted by Gasteiger charge is 2.34. The number of halogens is 1. The number of aromatic nitrogens is 2. The van der Waals surface area contributed by atoms with Crippen molar-refractivity contribution in [1.82, 2.24) is 9.97 Å². The molecule has 4 rings (SSSR count). The van der Waals surface area contributed by atoms with Crippen LogP contribution in [0.2, 0.25) is 0 Å². The molecule has 2 N–H and O–H groups in total. The molecule has 7 nitrogen and oxygen atoms in total. The van der Waals surface area contributed by atoms with Gasteiger partial charge in [0.2, 0.25) is 0 Å². The van der Waals surface area contributed by atoms with Gasteiger partial charge in [0.25, 0.3) is 0 Å². The lowest BCUT2D eigenvalue weighted by Crippen LogP contribution is -2.44. The monoisotopic (exact) mass is 399 g/mol. The van der Waals surface area contributed by atoms with Crippen LogP contribution in [0.3, 0.4) is 0 Å². The van der Waals surface area contributed by atoms with Crippen molar-refractivity contribution in [1.29, 1.82) is 0 Å². The summed E-state index contributed by atoms with van der Waals surface area (Å²) < 4.78 is 31.0. The van der Waals surface area contributed by atoms with Crippen LogP contribution in [0.1, 0.15) is 12.5 Å². The van der Waals surface area contributed by atoms with Crippen LogP contribution in [0.4, 0.5) is 15.9 Å². The Hall–Kier alpha value is -3.13. The average molecular weight is 399 g/mol. The van der Waals surface area contributed by atoms with Gasteiger partial charge in [-0.15, -0.1) is 0 Å². The van der Waals surface area contributed by atoms with E-state index in [1.54, 1.807) is 26.2 Å². The minimum atomic E-state index is -0.491. The van der Waals surface area contributed by atoms with Crippen LogP contribution in [0, 0.1) is 18.2 Å². The zero-order chi connectivity index (χ0) is 20.6. The van der Waals surface area contributed by atoms with Crippen LogP contribution in [0.15, 0.2) is 30.6 Å². The summed E-state index contributed by atoms with van der Waals surface area (Å²) in [5, 5.41) is 13.5. The molecular weight excluding hydrogens is 377 g/mol. The maximum atomic E-state index is 14.3. The maximum absolute atomic E-state index is 14.3. The van der Waals surface area contributed by atoms with Crippen LogP contribution < -0.4 is 14.8 Å². The van der Waals surface area contributed by atoms with Gasteiger partial charge < -0.3 is 24.6 Å². The Morgan fingerprint density at radius 2 is 2.03 bits per heavy atom. The Labute approximate surface area is 167 Å². The number of phenolic OH excluding ortho intramolecular Hbond substituents is 1. The number of phenols is 1. The van der Waals surface area contributed by atoms with Gasteiger partial charge in [-0.3, -0.25) is 0 Å². The molecule has 0 bridgehead atoms. The smallest absolute Gasteiger partial charge is 0.163 e. The third-order valence-electron chi connectivity index (χ3n) is 5.03. The summed E-state index contributed by atoms with van der Waals surface area (Å²) in [6, 6.07) is 6.04. The summed E-state index contributed by atoms with van der Waals surface area (Å²) >= 11 is 0. The number of methoxy groups -OCH3 is 1. The number of hydrogen-bond acceptors (Lipinski definition) is 7. The van der Waals surface area contributed by atoms with Crippen molar-refractivity contribution in [2.45, 2.75) is 13.8 Å². The molecule has 29 heavy (non-hydrogen) atoms. The van der Waals surface area contributed by atoms with Crippen LogP contribution in [0.25, 0.3) is 10.9 Å². The molecule has 2 heterocycles. The van der Waals surface area contributed by atoms with Crippen molar-refractivity contribution in [3.8, 4) is 17.2 Å². The van der Waals surface area contributed by atoms with Crippen LogP contribution in [-0.2, 0) is 4.74 Å². The minimum absolute atomic E-state index is 0.00556. The summed E-state index contributed by atoms with van der Waals surface area (Å²) in [5.74, 6) is 0.987. The Kier molecular flexibility index (Phi) is 4.87. The maximum Gasteiger partial charge on any atom is 0.163 e. The summed E-state index contributed by atoms with van der Waals surface area (Å²) in [4.78, 5) is 8.55. The lowest BCUT2D eigenvalue weighted by atomic mass is 9.90. The van der Waals surface area contributed by atoms with E-state index in [9.17, 15) is 9.50 Å². The van der Waals surface area contributed by atoms with Gasteiger partial charge in [-0.25, -0.2) is 14.4 Å². The first-order valence-corrected chi connectivity index (χ1v) is 9.18. The predicted molar refractivity (Wildman–Crippen MR) is 107 cm³/mol. The molecule has 0 amide bonds. The number of aromatic hydroxyl groups is 1. The Morgan fingerprint density at radius 1 is 1.24 bits per heavy atom. The number of hydrogen-bond donors (Lipinski definition) is 2. The number of nitrogens with one attached hydrogen (secondary N) is 1. The fourth-order valence-electron chi connectivity index (χ4n) is 3.16. The lowest BCUT2D eigenvalue weighted by molar-refractivity contribution is -0.120. The van der Waals surface area contributed by atoms with E-state index >= 15 is 0 Å². The van der Waals surface area contributed by atoms with E-state index in [4.69, 9.17) is 14.2 Å². The van der Waals surface area contributed by atoms with Gasteiger partial charge >= 0.3 is 0 Å². The van der Waals surface area contributed by atoms with Gasteiger partial charge in [-0.1, -0.05) is 6.92 Å². The standard InChI is InChI=1S/C21H22FN3O4/c1-12-16(26)5-4-14(22)19(12)25-20-13-6-17(27-3)18(7-15(13)23-11-24-20)29-10-21(2)8-28-9-21/h4-7,11,26H,8-10H2,1-3H3,(H,23,24,25). The van der Waals surface area contributed by atoms with Crippen molar-refractivity contribution >= 4 is 22.4 Å². The first-order chi connectivity index (χ1) is 13.9. The molecule has 0 atom stereocenters. The molecule has 1 aliphatic rings. The van der Waals surface area contributed by atoms with Gasteiger partial charge in [0, 0.05) is 22.4 Å². The van der Waals surface area contributed by atoms with E-state index in [0.717, 1.165) is 0 Å². The largest absolute Gasteiger partial charge is 0.508 e. The molecule has 2 aromatic carbocycles. The highest BCUT2D eigenvalue weighted by Crippen LogP contribution is 2.37. The highest BCUT2D eigenvalue weighted by molar-refractivity contribution is 5.93. The first-order valence-electron chi connectivity index (χ1n) is 9.18. The predicted octanol–water partition coefficient (Wildman–Crippen LogP) is 3.95. The SMILES string of the molecule is COc1cc2c(Nc3c(F)ccc(O)c3C)ncnc2cc1OCC1(C)COC1. The second kappa shape index (κ2) is 7.36. The second-order valence-electron chi connectivity index (χ2n) is 7.53. The van der Waals surface area contributed by atoms with Crippen molar-refractivity contribution in [3.05, 3.63) is 42.0 Å². The van der Waals surface area contributed by atoms with Gasteiger partial charge in [0.1, 0.15) is 23.7 Å². The number of rotatable bonds is 6. The topological polar surface area (TPSA) is 85.7 Å². The summed E-state index contributed by atoms with van der Waals surface area (Å²) in [5.41, 5.74) is 1.15. The third-order valence-corrected chi connectivity index (χ3v) is 5.03. The number of benzene rings is 2. The van der Waals surface area contributed by atoms with Crippen molar-refractivity contribution in [2.75, 3.05) is 32.2 Å². The molecule has 1 saturated heterocycles. The van der Waals surface area contributed by atoms with E-state index < -0.39 is 5.82 Å². The molecule has 0 spiro atoms. The number of ether oxygens (including phenoxy) is 3. The molecule has 0 radical (unpaired) electrons. The van der Waals surface area contributed by atoms with Crippen LogP contribution in [0.5, 0.6) is 17.2 Å². The fourth-order valence-corrected chi connectivity index (χ4v) is 3.16. The molecule has 1 aromatic heterocycles. The van der Waals surface area contributed by atoms with E-state index in [0.29, 0.717) is 53.6 Å². The van der Waals surface area contributed by atoms with Gasteiger partial charge in [-0.05, 0) is 25.1 Å². The van der Waals surface area contributed by atoms with Crippen molar-refractivity contribution in [2.24, 2.45) is 5.41 Å². The molecule has 8 heteroatoms. The Bertz CT molecular complexity index is 1070. The molecule has 0 unspecified atom stereocenters. The van der Waals surface area contributed by atoms with Gasteiger partial charge in [0.05, 0.1) is 38.1 Å². The number of fused-ring (bicyclic) bond motifs is 1. The molecular formula is C21H22FN3O4. The molecule has 3 aromatic rings. The second-order valence-corrected chi connectivity index (χ2v) is 7.53. The zero-order valence-electron chi connectivity index (χ0n) is 16.5. The van der Waals surface area contributed by atoms with Crippen molar-refractivity contribution in [3.63, 3.8) is 0 Å². The number of anilines is 2. The summed E-state index contributed by atoms with van der Waals surface area (Å²) in [6.07, 6.45) is 1.39. The van der Waals surface area contributed by atoms with Crippen molar-refractivity contribution < 1.29 is 23.7 Å². The van der Waals surface area contributed by atoms with E-state index in [-0.39, 0.29) is 16.9 Å². The molecule has 1 aliphatic heterocycles. The highest BCUT2D eigenvalue weighted by atomic mass is 19.1. The Morgan fingerprint density at radius 3 is 2.72 bits per heavy atom. The van der Waals surface area contributed by atoms with E-state index in [1.165, 1.54) is 18.5 Å². The summed E-state index contributed by atoms with van der Waals surface area (Å²) in [7, 11) is 1.55. The van der Waals surface area contributed by atoms with E-state index in [2.05, 4.69) is 22.2 Å². The van der Waals surface area contributed by atoms with Crippen LogP contribution >= 0.6 is 0 Å². The molecule has 0 saturated carbocycles. The number of nitrogens with zero attached hydrogens (tertiary/aromatic N) is 2. The first kappa shape index (κ1) is 19.2. The summed E-state index contributed by atoms with van der Waals surface area (Å²) in [6.45, 7) is 5.54. The normalized spacial score (nSPS) is 15.0. The lowest BCUT2D eigenvalue weighted by Gasteiger charge is -2.37. The Balaban J connectivity index is 1.70. The van der Waals surface area contributed by atoms with Gasteiger partial charge in [-0.2, -0.15) is 0 Å². The van der Waals surface area contributed by atoms with Gasteiger partial charge in [0.15, 0.2) is 11.5 Å². The zero-order valence-corrected chi connectivity index (χ0v) is 16.5. The molecule has 0 aliphatic carbocycles. The quantitative estimate of drug-likeness (QED) is 0.649. The molecule has 1 fully saturated rings. The third kappa shape index (κ3) is 3.63. The van der Waals surface area contributed by atoms with Crippen LogP contribution in [-0.4, -0.2) is 42.0 Å². The molecule has 152 valence electrons. The fraction of sp³-hybridized carbons (Fsp3) is 0.333. The minimum Gasteiger partial charge on any atom is -0.508 e.